The lowest BCUT2D eigenvalue weighted by atomic mass is 10.3. The normalized spacial score (nSPS) is 11.7. The molecule has 0 aliphatic carbocycles. The van der Waals surface area contributed by atoms with Gasteiger partial charge >= 0.3 is 0 Å². The summed E-state index contributed by atoms with van der Waals surface area (Å²) in [5.41, 5.74) is 0. The first-order chi connectivity index (χ1) is 9.88. The van der Waals surface area contributed by atoms with E-state index in [9.17, 15) is 4.79 Å². The number of hydrogen-bond donors (Lipinski definition) is 1. The highest BCUT2D eigenvalue weighted by molar-refractivity contribution is 7.80. The summed E-state index contributed by atoms with van der Waals surface area (Å²) in [5, 5.41) is 3.91. The SMILES string of the molecule is CCN(CC)C(=S)NC(=O)C(C)Oc1ccc(Cl)cc1Cl. The minimum absolute atomic E-state index is 0.321. The molecule has 0 bridgehead atoms. The van der Waals surface area contributed by atoms with Gasteiger partial charge in [-0.05, 0) is 51.2 Å². The molecule has 1 atom stereocenters. The van der Waals surface area contributed by atoms with Gasteiger partial charge in [0.15, 0.2) is 11.2 Å². The molecule has 0 fully saturated rings. The molecular weight excluding hydrogens is 331 g/mol. The van der Waals surface area contributed by atoms with E-state index in [-0.39, 0.29) is 5.91 Å². The number of amides is 1. The quantitative estimate of drug-likeness (QED) is 0.826. The van der Waals surface area contributed by atoms with Gasteiger partial charge in [0.2, 0.25) is 0 Å². The number of rotatable bonds is 5. The number of nitrogens with one attached hydrogen (secondary N) is 1. The van der Waals surface area contributed by atoms with E-state index in [0.717, 1.165) is 13.1 Å². The van der Waals surface area contributed by atoms with Crippen LogP contribution in [0.3, 0.4) is 0 Å². The molecule has 116 valence electrons. The Kier molecular flexibility index (Phi) is 7.22. The number of nitrogens with zero attached hydrogens (tertiary/aromatic N) is 1. The third kappa shape index (κ3) is 5.34. The fourth-order valence-corrected chi connectivity index (χ4v) is 2.42. The van der Waals surface area contributed by atoms with E-state index in [4.69, 9.17) is 40.2 Å². The van der Waals surface area contributed by atoms with Crippen LogP contribution >= 0.6 is 35.4 Å². The Bertz CT molecular complexity index is 522. The summed E-state index contributed by atoms with van der Waals surface area (Å²) in [7, 11) is 0. The van der Waals surface area contributed by atoms with Crippen LogP contribution < -0.4 is 10.1 Å². The van der Waals surface area contributed by atoms with Crippen molar-refractivity contribution in [2.45, 2.75) is 26.9 Å². The molecule has 0 aliphatic rings. The predicted molar refractivity (Wildman–Crippen MR) is 90.2 cm³/mol. The Balaban J connectivity index is 2.64. The second kappa shape index (κ2) is 8.41. The standard InChI is InChI=1S/C14H18Cl2N2O2S/c1-4-18(5-2)14(21)17-13(19)9(3)20-12-7-6-10(15)8-11(12)16/h6-9H,4-5H2,1-3H3,(H,17,19,21). The third-order valence-corrected chi connectivity index (χ3v) is 3.74. The Labute approximate surface area is 140 Å². The monoisotopic (exact) mass is 348 g/mol. The lowest BCUT2D eigenvalue weighted by Crippen LogP contribution is -2.46. The van der Waals surface area contributed by atoms with E-state index in [1.165, 1.54) is 0 Å². The molecule has 4 nitrogen and oxygen atoms in total. The number of carbonyl (C=O) groups excluding carboxylic acids is 1. The molecule has 0 spiro atoms. The van der Waals surface area contributed by atoms with E-state index in [1.54, 1.807) is 25.1 Å². The smallest absolute Gasteiger partial charge is 0.266 e. The maximum atomic E-state index is 12.1. The summed E-state index contributed by atoms with van der Waals surface area (Å²) in [6.07, 6.45) is -0.725. The lowest BCUT2D eigenvalue weighted by Gasteiger charge is -2.23. The molecule has 0 saturated heterocycles. The minimum atomic E-state index is -0.725. The zero-order valence-electron chi connectivity index (χ0n) is 12.2. The number of thiocarbonyl (C=S) groups is 1. The summed E-state index contributed by atoms with van der Waals surface area (Å²) in [6, 6.07) is 4.83. The average molecular weight is 349 g/mol. The molecule has 1 aromatic rings. The Hall–Kier alpha value is -1.04. The van der Waals surface area contributed by atoms with Gasteiger partial charge < -0.3 is 9.64 Å². The van der Waals surface area contributed by atoms with Crippen molar-refractivity contribution in [2.75, 3.05) is 13.1 Å². The summed E-state index contributed by atoms with van der Waals surface area (Å²) in [4.78, 5) is 13.9. The minimum Gasteiger partial charge on any atom is -0.479 e. The molecular formula is C14H18Cl2N2O2S. The van der Waals surface area contributed by atoms with Crippen LogP contribution in [0.2, 0.25) is 10.0 Å². The molecule has 7 heteroatoms. The summed E-state index contributed by atoms with van der Waals surface area (Å²) in [6.45, 7) is 7.03. The van der Waals surface area contributed by atoms with Crippen molar-refractivity contribution in [2.24, 2.45) is 0 Å². The van der Waals surface area contributed by atoms with Crippen molar-refractivity contribution < 1.29 is 9.53 Å². The van der Waals surface area contributed by atoms with Gasteiger partial charge in [-0.3, -0.25) is 10.1 Å². The maximum Gasteiger partial charge on any atom is 0.266 e. The van der Waals surface area contributed by atoms with Gasteiger partial charge in [-0.15, -0.1) is 0 Å². The van der Waals surface area contributed by atoms with Crippen molar-refractivity contribution in [3.05, 3.63) is 28.2 Å². The van der Waals surface area contributed by atoms with Gasteiger partial charge in [-0.1, -0.05) is 23.2 Å². The number of halogens is 2. The van der Waals surface area contributed by atoms with Gasteiger partial charge in [0.25, 0.3) is 5.91 Å². The molecule has 0 radical (unpaired) electrons. The van der Waals surface area contributed by atoms with Crippen LogP contribution in [0.1, 0.15) is 20.8 Å². The highest BCUT2D eigenvalue weighted by Gasteiger charge is 2.18. The topological polar surface area (TPSA) is 41.6 Å². The molecule has 21 heavy (non-hydrogen) atoms. The fraction of sp³-hybridized carbons (Fsp3) is 0.429. The molecule has 0 aliphatic heterocycles. The fourth-order valence-electron chi connectivity index (χ4n) is 1.61. The van der Waals surface area contributed by atoms with E-state index in [0.29, 0.717) is 20.9 Å². The highest BCUT2D eigenvalue weighted by atomic mass is 35.5. The second-order valence-electron chi connectivity index (χ2n) is 4.30. The van der Waals surface area contributed by atoms with E-state index >= 15 is 0 Å². The molecule has 1 amide bonds. The molecule has 1 aromatic carbocycles. The van der Waals surface area contributed by atoms with Crippen LogP contribution in [0.5, 0.6) is 5.75 Å². The van der Waals surface area contributed by atoms with Gasteiger partial charge in [0, 0.05) is 18.1 Å². The van der Waals surface area contributed by atoms with Crippen LogP contribution in [0.4, 0.5) is 0 Å². The number of hydrogen-bond acceptors (Lipinski definition) is 3. The molecule has 1 N–H and O–H groups in total. The van der Waals surface area contributed by atoms with Crippen LogP contribution in [0.25, 0.3) is 0 Å². The lowest BCUT2D eigenvalue weighted by molar-refractivity contribution is -0.125. The van der Waals surface area contributed by atoms with Crippen molar-refractivity contribution in [1.29, 1.82) is 0 Å². The van der Waals surface area contributed by atoms with E-state index in [1.807, 2.05) is 18.7 Å². The zero-order valence-corrected chi connectivity index (χ0v) is 14.5. The molecule has 1 unspecified atom stereocenters. The molecule has 1 rings (SSSR count). The Morgan fingerprint density at radius 3 is 2.52 bits per heavy atom. The van der Waals surface area contributed by atoms with E-state index in [2.05, 4.69) is 5.32 Å². The first-order valence-corrected chi connectivity index (χ1v) is 7.76. The van der Waals surface area contributed by atoms with Gasteiger partial charge in [0.05, 0.1) is 5.02 Å². The van der Waals surface area contributed by atoms with Crippen molar-refractivity contribution in [3.8, 4) is 5.75 Å². The first-order valence-electron chi connectivity index (χ1n) is 6.60. The summed E-state index contributed by atoms with van der Waals surface area (Å²) < 4.78 is 5.53. The van der Waals surface area contributed by atoms with Gasteiger partial charge in [-0.25, -0.2) is 0 Å². The Morgan fingerprint density at radius 1 is 1.38 bits per heavy atom. The van der Waals surface area contributed by atoms with Gasteiger partial charge in [-0.2, -0.15) is 0 Å². The summed E-state index contributed by atoms with van der Waals surface area (Å²) in [5.74, 6) is 0.0791. The van der Waals surface area contributed by atoms with Crippen molar-refractivity contribution in [1.82, 2.24) is 10.2 Å². The predicted octanol–water partition coefficient (Wildman–Crippen LogP) is 3.50. The number of ether oxygens (including phenoxy) is 1. The average Bonchev–Trinajstić information content (AvgIpc) is 2.43. The molecule has 0 saturated carbocycles. The molecule has 0 aromatic heterocycles. The zero-order chi connectivity index (χ0) is 16.0. The largest absolute Gasteiger partial charge is 0.479 e. The summed E-state index contributed by atoms with van der Waals surface area (Å²) >= 11 is 17.0. The third-order valence-electron chi connectivity index (χ3n) is 2.85. The van der Waals surface area contributed by atoms with Crippen LogP contribution in [0, 0.1) is 0 Å². The maximum absolute atomic E-state index is 12.1. The highest BCUT2D eigenvalue weighted by Crippen LogP contribution is 2.28. The number of carbonyl (C=O) groups is 1. The van der Waals surface area contributed by atoms with Crippen molar-refractivity contribution >= 4 is 46.4 Å². The van der Waals surface area contributed by atoms with Crippen LogP contribution in [0.15, 0.2) is 18.2 Å². The Morgan fingerprint density at radius 2 is 2.00 bits per heavy atom. The first kappa shape index (κ1) is 18.0. The van der Waals surface area contributed by atoms with Crippen LogP contribution in [-0.4, -0.2) is 35.1 Å². The van der Waals surface area contributed by atoms with Crippen molar-refractivity contribution in [3.63, 3.8) is 0 Å². The van der Waals surface area contributed by atoms with Gasteiger partial charge in [0.1, 0.15) is 5.75 Å². The van der Waals surface area contributed by atoms with Crippen LogP contribution in [-0.2, 0) is 4.79 Å². The number of benzene rings is 1. The second-order valence-corrected chi connectivity index (χ2v) is 5.53. The van der Waals surface area contributed by atoms with E-state index < -0.39 is 6.10 Å². The molecule has 0 heterocycles.